The van der Waals surface area contributed by atoms with Crippen molar-refractivity contribution in [2.45, 2.75) is 32.7 Å². The summed E-state index contributed by atoms with van der Waals surface area (Å²) in [5.74, 6) is 2.20. The van der Waals surface area contributed by atoms with Gasteiger partial charge < -0.3 is 19.5 Å². The Morgan fingerprint density at radius 1 is 1.04 bits per heavy atom. The van der Waals surface area contributed by atoms with Crippen LogP contribution in [0.4, 0.5) is 0 Å². The van der Waals surface area contributed by atoms with Gasteiger partial charge in [0.15, 0.2) is 11.5 Å². The predicted octanol–water partition coefficient (Wildman–Crippen LogP) is 3.53. The van der Waals surface area contributed by atoms with Gasteiger partial charge >= 0.3 is 0 Å². The average molecular weight is 357 g/mol. The number of rotatable bonds is 9. The predicted molar refractivity (Wildman–Crippen MR) is 102 cm³/mol. The van der Waals surface area contributed by atoms with Crippen LogP contribution in [0.1, 0.15) is 24.5 Å². The monoisotopic (exact) mass is 357 g/mol. The van der Waals surface area contributed by atoms with E-state index in [2.05, 4.69) is 5.32 Å². The first-order valence-corrected chi connectivity index (χ1v) is 8.72. The van der Waals surface area contributed by atoms with Gasteiger partial charge in [-0.25, -0.2) is 0 Å². The van der Waals surface area contributed by atoms with Crippen molar-refractivity contribution in [3.63, 3.8) is 0 Å². The highest BCUT2D eigenvalue weighted by atomic mass is 16.5. The molecule has 0 aliphatic heterocycles. The Kier molecular flexibility index (Phi) is 7.33. The van der Waals surface area contributed by atoms with Gasteiger partial charge in [0.25, 0.3) is 0 Å². The van der Waals surface area contributed by atoms with Crippen LogP contribution in [0, 0.1) is 6.92 Å². The number of para-hydroxylation sites is 1. The van der Waals surface area contributed by atoms with E-state index in [9.17, 15) is 4.79 Å². The molecule has 2 aromatic carbocycles. The minimum absolute atomic E-state index is 0.000619. The third kappa shape index (κ3) is 5.69. The molecule has 5 nitrogen and oxygen atoms in total. The Morgan fingerprint density at radius 3 is 2.46 bits per heavy atom. The molecule has 2 aromatic rings. The zero-order valence-corrected chi connectivity index (χ0v) is 15.9. The van der Waals surface area contributed by atoms with Gasteiger partial charge in [0.2, 0.25) is 5.91 Å². The maximum Gasteiger partial charge on any atom is 0.220 e. The van der Waals surface area contributed by atoms with Gasteiger partial charge in [0.05, 0.1) is 20.3 Å². The van der Waals surface area contributed by atoms with E-state index in [1.807, 2.05) is 56.3 Å². The second-order valence-electron chi connectivity index (χ2n) is 6.23. The summed E-state index contributed by atoms with van der Waals surface area (Å²) in [7, 11) is 3.20. The molecule has 0 saturated carbocycles. The van der Waals surface area contributed by atoms with Crippen molar-refractivity contribution >= 4 is 5.91 Å². The highest BCUT2D eigenvalue weighted by molar-refractivity contribution is 5.76. The molecule has 0 aromatic heterocycles. The summed E-state index contributed by atoms with van der Waals surface area (Å²) in [6.07, 6.45) is 1.04. The molecule has 1 atom stereocenters. The third-order valence-corrected chi connectivity index (χ3v) is 4.08. The minimum Gasteiger partial charge on any atom is -0.493 e. The summed E-state index contributed by atoms with van der Waals surface area (Å²) in [5, 5.41) is 2.97. The first kappa shape index (κ1) is 19.6. The first-order chi connectivity index (χ1) is 12.5. The number of aryl methyl sites for hydroxylation is 2. The van der Waals surface area contributed by atoms with Crippen LogP contribution in [0.25, 0.3) is 0 Å². The Balaban J connectivity index is 1.78. The van der Waals surface area contributed by atoms with E-state index in [1.165, 1.54) is 0 Å². The number of nitrogens with one attached hydrogen (secondary N) is 1. The molecule has 2 rings (SSSR count). The van der Waals surface area contributed by atoms with Crippen LogP contribution < -0.4 is 19.5 Å². The topological polar surface area (TPSA) is 56.8 Å². The summed E-state index contributed by atoms with van der Waals surface area (Å²) in [6, 6.07) is 13.5. The lowest BCUT2D eigenvalue weighted by molar-refractivity contribution is -0.121. The molecule has 0 heterocycles. The van der Waals surface area contributed by atoms with Crippen LogP contribution in [0.3, 0.4) is 0 Å². The smallest absolute Gasteiger partial charge is 0.220 e. The summed E-state index contributed by atoms with van der Waals surface area (Å²) in [4.78, 5) is 12.2. The lowest BCUT2D eigenvalue weighted by atomic mass is 10.1. The molecule has 0 fully saturated rings. The highest BCUT2D eigenvalue weighted by Gasteiger charge is 2.10. The molecule has 0 radical (unpaired) electrons. The summed E-state index contributed by atoms with van der Waals surface area (Å²) in [5.41, 5.74) is 2.11. The van der Waals surface area contributed by atoms with Crippen molar-refractivity contribution in [3.05, 3.63) is 53.6 Å². The molecular formula is C21H27NO4. The zero-order valence-electron chi connectivity index (χ0n) is 15.9. The molecule has 0 aliphatic rings. The van der Waals surface area contributed by atoms with E-state index < -0.39 is 0 Å². The van der Waals surface area contributed by atoms with E-state index in [1.54, 1.807) is 14.2 Å². The zero-order chi connectivity index (χ0) is 18.9. The fourth-order valence-corrected chi connectivity index (χ4v) is 2.62. The maximum absolute atomic E-state index is 12.2. The summed E-state index contributed by atoms with van der Waals surface area (Å²) < 4.78 is 16.3. The molecule has 140 valence electrons. The van der Waals surface area contributed by atoms with E-state index in [-0.39, 0.29) is 11.9 Å². The van der Waals surface area contributed by atoms with E-state index in [0.29, 0.717) is 30.9 Å². The fraction of sp³-hybridized carbons (Fsp3) is 0.381. The number of carbonyl (C=O) groups excluding carboxylic acids is 1. The van der Waals surface area contributed by atoms with Gasteiger partial charge in [-0.2, -0.15) is 0 Å². The Labute approximate surface area is 155 Å². The SMILES string of the molecule is COc1ccc(CCC(=O)N[C@H](C)COc2ccccc2C)cc1OC. The van der Waals surface area contributed by atoms with Crippen LogP contribution in [0.15, 0.2) is 42.5 Å². The van der Waals surface area contributed by atoms with Gasteiger partial charge in [-0.1, -0.05) is 24.3 Å². The standard InChI is InChI=1S/C21H27NO4/c1-15-7-5-6-8-18(15)26-14-16(2)22-21(23)12-10-17-9-11-19(24-3)20(13-17)25-4/h5-9,11,13,16H,10,12,14H2,1-4H3,(H,22,23)/t16-/m1/s1. The molecule has 26 heavy (non-hydrogen) atoms. The van der Waals surface area contributed by atoms with Crippen LogP contribution in [-0.2, 0) is 11.2 Å². The Morgan fingerprint density at radius 2 is 1.77 bits per heavy atom. The number of ether oxygens (including phenoxy) is 3. The van der Waals surface area contributed by atoms with Crippen LogP contribution in [0.2, 0.25) is 0 Å². The fourth-order valence-electron chi connectivity index (χ4n) is 2.62. The van der Waals surface area contributed by atoms with E-state index >= 15 is 0 Å². The molecule has 0 aliphatic carbocycles. The lowest BCUT2D eigenvalue weighted by Gasteiger charge is -2.16. The van der Waals surface area contributed by atoms with Gasteiger partial charge in [-0.15, -0.1) is 0 Å². The van der Waals surface area contributed by atoms with Gasteiger partial charge in [0.1, 0.15) is 12.4 Å². The van der Waals surface area contributed by atoms with Crippen LogP contribution in [-0.4, -0.2) is 32.8 Å². The number of methoxy groups -OCH3 is 2. The third-order valence-electron chi connectivity index (χ3n) is 4.08. The molecular weight excluding hydrogens is 330 g/mol. The van der Waals surface area contributed by atoms with Crippen molar-refractivity contribution in [1.29, 1.82) is 0 Å². The molecule has 0 spiro atoms. The molecule has 0 saturated heterocycles. The normalized spacial score (nSPS) is 11.5. The van der Waals surface area contributed by atoms with Crippen LogP contribution >= 0.6 is 0 Å². The highest BCUT2D eigenvalue weighted by Crippen LogP contribution is 2.27. The number of hydrogen-bond acceptors (Lipinski definition) is 4. The summed E-state index contributed by atoms with van der Waals surface area (Å²) in [6.45, 7) is 4.38. The maximum atomic E-state index is 12.2. The minimum atomic E-state index is -0.0625. The van der Waals surface area contributed by atoms with E-state index in [4.69, 9.17) is 14.2 Å². The van der Waals surface area contributed by atoms with Crippen molar-refractivity contribution in [1.82, 2.24) is 5.32 Å². The Hall–Kier alpha value is -2.69. The van der Waals surface area contributed by atoms with Crippen molar-refractivity contribution in [2.75, 3.05) is 20.8 Å². The van der Waals surface area contributed by atoms with Crippen molar-refractivity contribution < 1.29 is 19.0 Å². The molecule has 0 bridgehead atoms. The summed E-state index contributed by atoms with van der Waals surface area (Å²) >= 11 is 0. The number of amides is 1. The second kappa shape index (κ2) is 9.70. The van der Waals surface area contributed by atoms with Gasteiger partial charge in [-0.3, -0.25) is 4.79 Å². The largest absolute Gasteiger partial charge is 0.493 e. The first-order valence-electron chi connectivity index (χ1n) is 8.72. The molecule has 0 unspecified atom stereocenters. The number of hydrogen-bond donors (Lipinski definition) is 1. The van der Waals surface area contributed by atoms with Gasteiger partial charge in [-0.05, 0) is 49.6 Å². The van der Waals surface area contributed by atoms with Crippen LogP contribution in [0.5, 0.6) is 17.2 Å². The quantitative estimate of drug-likeness (QED) is 0.746. The molecule has 1 amide bonds. The molecule has 5 heteroatoms. The van der Waals surface area contributed by atoms with Crippen molar-refractivity contribution in [2.24, 2.45) is 0 Å². The number of benzene rings is 2. The second-order valence-corrected chi connectivity index (χ2v) is 6.23. The number of carbonyl (C=O) groups is 1. The Bertz CT molecular complexity index is 730. The molecule has 1 N–H and O–H groups in total. The van der Waals surface area contributed by atoms with E-state index in [0.717, 1.165) is 16.9 Å². The van der Waals surface area contributed by atoms with Gasteiger partial charge in [0, 0.05) is 6.42 Å². The average Bonchev–Trinajstić information content (AvgIpc) is 2.65. The lowest BCUT2D eigenvalue weighted by Crippen LogP contribution is -2.36. The van der Waals surface area contributed by atoms with Crippen molar-refractivity contribution in [3.8, 4) is 17.2 Å².